The van der Waals surface area contributed by atoms with E-state index in [1.807, 2.05) is 24.3 Å². The van der Waals surface area contributed by atoms with Gasteiger partial charge in [0.15, 0.2) is 11.5 Å². The fourth-order valence-electron chi connectivity index (χ4n) is 2.18. The molecule has 0 saturated carbocycles. The van der Waals surface area contributed by atoms with Crippen LogP contribution < -0.4 is 20.7 Å². The minimum absolute atomic E-state index is 0.213. The van der Waals surface area contributed by atoms with Gasteiger partial charge in [0, 0.05) is 12.6 Å². The van der Waals surface area contributed by atoms with Crippen molar-refractivity contribution in [2.75, 3.05) is 13.2 Å². The molecule has 1 aliphatic heterocycles. The number of nitrogens with one attached hydrogen (secondary N) is 1. The lowest BCUT2D eigenvalue weighted by atomic mass is 10.0. The Balaban J connectivity index is 1.94. The summed E-state index contributed by atoms with van der Waals surface area (Å²) in [5.41, 5.74) is 4.54. The Labute approximate surface area is 116 Å². The number of ether oxygens (including phenoxy) is 2. The summed E-state index contributed by atoms with van der Waals surface area (Å²) in [5.74, 6) is 7.17. The van der Waals surface area contributed by atoms with Crippen molar-refractivity contribution in [2.24, 2.45) is 5.84 Å². The van der Waals surface area contributed by atoms with Gasteiger partial charge in [-0.15, -0.1) is 0 Å². The molecule has 2 heterocycles. The van der Waals surface area contributed by atoms with E-state index in [-0.39, 0.29) is 6.04 Å². The van der Waals surface area contributed by atoms with E-state index >= 15 is 0 Å². The summed E-state index contributed by atoms with van der Waals surface area (Å²) in [6, 6.07) is 7.41. The maximum atomic E-state index is 5.69. The molecule has 3 N–H and O–H groups in total. The zero-order chi connectivity index (χ0) is 13.8. The molecule has 0 fully saturated rings. The Morgan fingerprint density at radius 3 is 2.75 bits per heavy atom. The monoisotopic (exact) mass is 272 g/mol. The van der Waals surface area contributed by atoms with Gasteiger partial charge in [-0.3, -0.25) is 5.84 Å². The van der Waals surface area contributed by atoms with Gasteiger partial charge < -0.3 is 9.47 Å². The largest absolute Gasteiger partial charge is 0.490 e. The van der Waals surface area contributed by atoms with Crippen LogP contribution in [0.2, 0.25) is 0 Å². The molecule has 1 aliphatic rings. The minimum Gasteiger partial charge on any atom is -0.490 e. The van der Waals surface area contributed by atoms with Crippen LogP contribution in [0.15, 0.2) is 36.8 Å². The van der Waals surface area contributed by atoms with E-state index in [2.05, 4.69) is 15.4 Å². The first-order chi connectivity index (χ1) is 9.88. The van der Waals surface area contributed by atoms with Crippen LogP contribution in [0.25, 0.3) is 0 Å². The Kier molecular flexibility index (Phi) is 3.76. The SMILES string of the molecule is NNC(c1ccc2c(c1)OCCCO2)c1ccncn1. The molecule has 0 saturated heterocycles. The van der Waals surface area contributed by atoms with Crippen molar-refractivity contribution in [2.45, 2.75) is 12.5 Å². The first-order valence-electron chi connectivity index (χ1n) is 6.50. The molecule has 104 valence electrons. The average molecular weight is 272 g/mol. The van der Waals surface area contributed by atoms with E-state index < -0.39 is 0 Å². The highest BCUT2D eigenvalue weighted by Gasteiger charge is 2.17. The summed E-state index contributed by atoms with van der Waals surface area (Å²) < 4.78 is 11.3. The molecule has 6 heteroatoms. The highest BCUT2D eigenvalue weighted by atomic mass is 16.5. The van der Waals surface area contributed by atoms with Crippen molar-refractivity contribution in [1.82, 2.24) is 15.4 Å². The van der Waals surface area contributed by atoms with Gasteiger partial charge in [-0.25, -0.2) is 15.4 Å². The Morgan fingerprint density at radius 2 is 2.00 bits per heavy atom. The predicted octanol–water partition coefficient (Wildman–Crippen LogP) is 1.19. The molecule has 0 radical (unpaired) electrons. The van der Waals surface area contributed by atoms with Gasteiger partial charge in [0.1, 0.15) is 6.33 Å². The van der Waals surface area contributed by atoms with Gasteiger partial charge >= 0.3 is 0 Å². The van der Waals surface area contributed by atoms with Crippen molar-refractivity contribution in [3.05, 3.63) is 48.0 Å². The van der Waals surface area contributed by atoms with Crippen LogP contribution >= 0.6 is 0 Å². The molecule has 1 aromatic heterocycles. The summed E-state index contributed by atoms with van der Waals surface area (Å²) in [5, 5.41) is 0. The number of rotatable bonds is 3. The smallest absolute Gasteiger partial charge is 0.161 e. The maximum absolute atomic E-state index is 5.69. The van der Waals surface area contributed by atoms with E-state index in [0.717, 1.165) is 29.2 Å². The third kappa shape index (κ3) is 2.56. The number of hydrogen-bond donors (Lipinski definition) is 2. The van der Waals surface area contributed by atoms with Crippen molar-refractivity contribution >= 4 is 0 Å². The number of fused-ring (bicyclic) bond motifs is 1. The second-order valence-electron chi connectivity index (χ2n) is 4.49. The molecular formula is C14H16N4O2. The molecule has 1 unspecified atom stereocenters. The van der Waals surface area contributed by atoms with E-state index in [9.17, 15) is 0 Å². The van der Waals surface area contributed by atoms with Crippen LogP contribution in [-0.4, -0.2) is 23.2 Å². The quantitative estimate of drug-likeness (QED) is 0.645. The summed E-state index contributed by atoms with van der Waals surface area (Å²) in [6.45, 7) is 1.33. The number of hydrogen-bond acceptors (Lipinski definition) is 6. The minimum atomic E-state index is -0.213. The lowest BCUT2D eigenvalue weighted by molar-refractivity contribution is 0.297. The molecule has 0 amide bonds. The molecule has 0 aliphatic carbocycles. The zero-order valence-electron chi connectivity index (χ0n) is 11.0. The van der Waals surface area contributed by atoms with Crippen molar-refractivity contribution in [3.63, 3.8) is 0 Å². The lowest BCUT2D eigenvalue weighted by Crippen LogP contribution is -2.29. The molecule has 3 rings (SSSR count). The second kappa shape index (κ2) is 5.85. The van der Waals surface area contributed by atoms with Crippen molar-refractivity contribution in [3.8, 4) is 11.5 Å². The van der Waals surface area contributed by atoms with Crippen LogP contribution in [0.3, 0.4) is 0 Å². The van der Waals surface area contributed by atoms with Crippen LogP contribution in [0.5, 0.6) is 11.5 Å². The summed E-state index contributed by atoms with van der Waals surface area (Å²) in [6.07, 6.45) is 4.08. The third-order valence-corrected chi connectivity index (χ3v) is 3.17. The number of benzene rings is 1. The Bertz CT molecular complexity index is 577. The number of hydrazine groups is 1. The van der Waals surface area contributed by atoms with Gasteiger partial charge in [-0.2, -0.15) is 0 Å². The fourth-order valence-corrected chi connectivity index (χ4v) is 2.18. The van der Waals surface area contributed by atoms with E-state index in [0.29, 0.717) is 13.2 Å². The summed E-state index contributed by atoms with van der Waals surface area (Å²) >= 11 is 0. The average Bonchev–Trinajstić information content (AvgIpc) is 2.74. The van der Waals surface area contributed by atoms with Crippen LogP contribution in [-0.2, 0) is 0 Å². The van der Waals surface area contributed by atoms with E-state index in [4.69, 9.17) is 15.3 Å². The van der Waals surface area contributed by atoms with Crippen LogP contribution in [0.4, 0.5) is 0 Å². The molecule has 20 heavy (non-hydrogen) atoms. The fraction of sp³-hybridized carbons (Fsp3) is 0.286. The van der Waals surface area contributed by atoms with Crippen LogP contribution in [0.1, 0.15) is 23.7 Å². The number of nitrogens with two attached hydrogens (primary N) is 1. The molecule has 1 atom stereocenters. The van der Waals surface area contributed by atoms with Gasteiger partial charge in [0.25, 0.3) is 0 Å². The molecule has 0 bridgehead atoms. The summed E-state index contributed by atoms with van der Waals surface area (Å²) in [7, 11) is 0. The zero-order valence-corrected chi connectivity index (χ0v) is 11.0. The van der Waals surface area contributed by atoms with Gasteiger partial charge in [-0.1, -0.05) is 6.07 Å². The first kappa shape index (κ1) is 12.8. The number of nitrogens with zero attached hydrogens (tertiary/aromatic N) is 2. The molecule has 2 aromatic rings. The Hall–Kier alpha value is -2.18. The molecular weight excluding hydrogens is 256 g/mol. The molecule has 1 aromatic carbocycles. The van der Waals surface area contributed by atoms with Crippen molar-refractivity contribution < 1.29 is 9.47 Å². The summed E-state index contributed by atoms with van der Waals surface area (Å²) in [4.78, 5) is 8.15. The van der Waals surface area contributed by atoms with Crippen molar-refractivity contribution in [1.29, 1.82) is 0 Å². The van der Waals surface area contributed by atoms with Gasteiger partial charge in [0.05, 0.1) is 24.9 Å². The second-order valence-corrected chi connectivity index (χ2v) is 4.49. The standard InChI is InChI=1S/C14H16N4O2/c15-18-14(11-4-5-16-9-17-11)10-2-3-12-13(8-10)20-7-1-6-19-12/h2-5,8-9,14,18H,1,6-7,15H2. The van der Waals surface area contributed by atoms with E-state index in [1.165, 1.54) is 6.33 Å². The van der Waals surface area contributed by atoms with Gasteiger partial charge in [-0.05, 0) is 23.8 Å². The third-order valence-electron chi connectivity index (χ3n) is 3.17. The highest BCUT2D eigenvalue weighted by molar-refractivity contribution is 5.45. The maximum Gasteiger partial charge on any atom is 0.161 e. The van der Waals surface area contributed by atoms with Gasteiger partial charge in [0.2, 0.25) is 0 Å². The normalized spacial score (nSPS) is 15.4. The Morgan fingerprint density at radius 1 is 1.15 bits per heavy atom. The number of aromatic nitrogens is 2. The molecule has 6 nitrogen and oxygen atoms in total. The highest BCUT2D eigenvalue weighted by Crippen LogP contribution is 2.33. The topological polar surface area (TPSA) is 82.3 Å². The molecule has 0 spiro atoms. The lowest BCUT2D eigenvalue weighted by Gasteiger charge is -2.17. The van der Waals surface area contributed by atoms with E-state index in [1.54, 1.807) is 6.20 Å². The van der Waals surface area contributed by atoms with Crippen LogP contribution in [0, 0.1) is 0 Å². The predicted molar refractivity (Wildman–Crippen MR) is 73.2 cm³/mol. The first-order valence-corrected chi connectivity index (χ1v) is 6.50.